The van der Waals surface area contributed by atoms with E-state index < -0.39 is 25.8 Å². The van der Waals surface area contributed by atoms with Crippen LogP contribution in [0.3, 0.4) is 0 Å². The standard InChI is InChI=1S/C20H32N2O5Si/c1-12-10-22(17(24)21-15(12)23)16-13-14(27-28(6,7)18(2,3)4)20(26-16,11-25-13)19(5)8-9-19/h10,13-14,16H,8-9,11H2,1-7H3,(H,21,23,24)/t13?,14-,16-,20+/m1/s1. The zero-order valence-corrected chi connectivity index (χ0v) is 18.9. The lowest BCUT2D eigenvalue weighted by Gasteiger charge is -2.43. The average Bonchev–Trinajstić information content (AvgIpc) is 3.15. The Kier molecular flexibility index (Phi) is 4.23. The molecule has 0 radical (unpaired) electrons. The molecular weight excluding hydrogens is 376 g/mol. The van der Waals surface area contributed by atoms with Crippen LogP contribution in [0.25, 0.3) is 0 Å². The highest BCUT2D eigenvalue weighted by Gasteiger charge is 2.73. The second-order valence-electron chi connectivity index (χ2n) is 10.5. The summed E-state index contributed by atoms with van der Waals surface area (Å²) >= 11 is 0. The first-order chi connectivity index (χ1) is 12.8. The van der Waals surface area contributed by atoms with Crippen LogP contribution in [0.5, 0.6) is 0 Å². The number of fused-ring (bicyclic) bond motifs is 2. The minimum absolute atomic E-state index is 0.00955. The van der Waals surface area contributed by atoms with Gasteiger partial charge in [0.15, 0.2) is 14.5 Å². The molecule has 0 amide bonds. The smallest absolute Gasteiger partial charge is 0.330 e. The molecule has 2 aliphatic heterocycles. The van der Waals surface area contributed by atoms with Crippen LogP contribution in [0.2, 0.25) is 18.1 Å². The molecular formula is C20H32N2O5Si. The third-order valence-electron chi connectivity index (χ3n) is 7.53. The molecule has 2 bridgehead atoms. The van der Waals surface area contributed by atoms with Gasteiger partial charge in [-0.05, 0) is 37.9 Å². The van der Waals surface area contributed by atoms with Crippen LogP contribution in [-0.4, -0.2) is 42.3 Å². The molecule has 3 heterocycles. The van der Waals surface area contributed by atoms with E-state index in [2.05, 4.69) is 45.8 Å². The number of hydrogen-bond donors (Lipinski definition) is 1. The van der Waals surface area contributed by atoms with Crippen LogP contribution in [0.4, 0.5) is 0 Å². The van der Waals surface area contributed by atoms with Crippen molar-refractivity contribution < 1.29 is 13.9 Å². The Labute approximate surface area is 166 Å². The van der Waals surface area contributed by atoms with Gasteiger partial charge in [-0.15, -0.1) is 0 Å². The fourth-order valence-corrected chi connectivity index (χ4v) is 5.50. The molecule has 1 aromatic rings. The Morgan fingerprint density at radius 3 is 2.50 bits per heavy atom. The number of nitrogens with one attached hydrogen (secondary N) is 1. The first-order valence-electron chi connectivity index (χ1n) is 10.1. The maximum atomic E-state index is 12.5. The van der Waals surface area contributed by atoms with Gasteiger partial charge in [0.2, 0.25) is 0 Å². The minimum atomic E-state index is -2.08. The number of hydrogen-bond acceptors (Lipinski definition) is 5. The highest BCUT2D eigenvalue weighted by atomic mass is 28.4. The Balaban J connectivity index is 1.76. The summed E-state index contributed by atoms with van der Waals surface area (Å²) in [5, 5.41) is 0.0571. The summed E-state index contributed by atoms with van der Waals surface area (Å²) in [5.41, 5.74) is -0.937. The SMILES string of the molecule is Cc1cn([C@@H]2O[C@@]3(C4(C)CC4)COC2[C@H]3O[Si](C)(C)C(C)(C)C)c(=O)[nH]c1=O. The summed E-state index contributed by atoms with van der Waals surface area (Å²) in [6.45, 7) is 15.5. The maximum Gasteiger partial charge on any atom is 0.330 e. The fraction of sp³-hybridized carbons (Fsp3) is 0.800. The quantitative estimate of drug-likeness (QED) is 0.775. The van der Waals surface area contributed by atoms with E-state index in [9.17, 15) is 9.59 Å². The molecule has 4 atom stereocenters. The van der Waals surface area contributed by atoms with E-state index in [1.807, 2.05) is 0 Å². The topological polar surface area (TPSA) is 82.6 Å². The number of aryl methyl sites for hydroxylation is 1. The predicted molar refractivity (Wildman–Crippen MR) is 108 cm³/mol. The number of aromatic nitrogens is 2. The normalized spacial score (nSPS) is 34.0. The second-order valence-corrected chi connectivity index (χ2v) is 15.3. The zero-order chi connectivity index (χ0) is 20.7. The summed E-state index contributed by atoms with van der Waals surface area (Å²) in [5.74, 6) is 0. The zero-order valence-electron chi connectivity index (χ0n) is 17.9. The van der Waals surface area contributed by atoms with E-state index in [-0.39, 0.29) is 28.2 Å². The van der Waals surface area contributed by atoms with Gasteiger partial charge in [-0.2, -0.15) is 0 Å². The van der Waals surface area contributed by atoms with Crippen LogP contribution in [0, 0.1) is 12.3 Å². The molecule has 3 fully saturated rings. The van der Waals surface area contributed by atoms with Crippen LogP contribution < -0.4 is 11.2 Å². The summed E-state index contributed by atoms with van der Waals surface area (Å²) in [6, 6.07) is 0. The van der Waals surface area contributed by atoms with Gasteiger partial charge in [0.25, 0.3) is 5.56 Å². The van der Waals surface area contributed by atoms with Gasteiger partial charge < -0.3 is 13.9 Å². The molecule has 8 heteroatoms. The number of ether oxygens (including phenoxy) is 2. The van der Waals surface area contributed by atoms with Crippen molar-refractivity contribution in [2.45, 2.75) is 89.6 Å². The van der Waals surface area contributed by atoms with Gasteiger partial charge in [0, 0.05) is 17.2 Å². The average molecular weight is 409 g/mol. The van der Waals surface area contributed by atoms with Gasteiger partial charge in [-0.3, -0.25) is 14.3 Å². The van der Waals surface area contributed by atoms with Gasteiger partial charge in [-0.25, -0.2) is 4.79 Å². The number of aromatic amines is 1. The van der Waals surface area contributed by atoms with Crippen molar-refractivity contribution in [2.24, 2.45) is 5.41 Å². The lowest BCUT2D eigenvalue weighted by Crippen LogP contribution is -2.54. The Hall–Kier alpha value is -1.22. The van der Waals surface area contributed by atoms with Gasteiger partial charge in [-0.1, -0.05) is 27.7 Å². The first-order valence-corrected chi connectivity index (χ1v) is 13.0. The van der Waals surface area contributed by atoms with Crippen molar-refractivity contribution in [2.75, 3.05) is 6.61 Å². The summed E-state index contributed by atoms with van der Waals surface area (Å²) in [6.07, 6.45) is 2.52. The van der Waals surface area contributed by atoms with Crippen LogP contribution in [0.1, 0.15) is 52.3 Å². The predicted octanol–water partition coefficient (Wildman–Crippen LogP) is 2.70. The van der Waals surface area contributed by atoms with E-state index in [1.165, 1.54) is 4.57 Å². The monoisotopic (exact) mass is 408 g/mol. The highest BCUT2D eigenvalue weighted by Crippen LogP contribution is 2.65. The third kappa shape index (κ3) is 2.72. The van der Waals surface area contributed by atoms with Crippen molar-refractivity contribution in [3.8, 4) is 0 Å². The largest absolute Gasteiger partial charge is 0.408 e. The van der Waals surface area contributed by atoms with E-state index in [4.69, 9.17) is 13.9 Å². The molecule has 1 unspecified atom stereocenters. The number of H-pyrrole nitrogens is 1. The number of nitrogens with zero attached hydrogens (tertiary/aromatic N) is 1. The molecule has 0 aromatic carbocycles. The van der Waals surface area contributed by atoms with Crippen molar-refractivity contribution >= 4 is 8.32 Å². The van der Waals surface area contributed by atoms with E-state index in [1.54, 1.807) is 13.1 Å². The van der Waals surface area contributed by atoms with Crippen molar-refractivity contribution in [1.29, 1.82) is 0 Å². The first kappa shape index (κ1) is 20.1. The Morgan fingerprint density at radius 1 is 1.29 bits per heavy atom. The van der Waals surface area contributed by atoms with E-state index >= 15 is 0 Å². The maximum absolute atomic E-state index is 12.5. The van der Waals surface area contributed by atoms with Crippen LogP contribution in [-0.2, 0) is 13.9 Å². The lowest BCUT2D eigenvalue weighted by molar-refractivity contribution is -0.198. The van der Waals surface area contributed by atoms with Crippen LogP contribution >= 0.6 is 0 Å². The second kappa shape index (κ2) is 5.90. The fourth-order valence-electron chi connectivity index (χ4n) is 4.19. The van der Waals surface area contributed by atoms with Crippen molar-refractivity contribution in [3.63, 3.8) is 0 Å². The summed E-state index contributed by atoms with van der Waals surface area (Å²) < 4.78 is 21.2. The molecule has 2 saturated heterocycles. The molecule has 1 aliphatic carbocycles. The number of rotatable bonds is 4. The van der Waals surface area contributed by atoms with E-state index in [0.717, 1.165) is 12.8 Å². The molecule has 1 saturated carbocycles. The minimum Gasteiger partial charge on any atom is -0.408 e. The van der Waals surface area contributed by atoms with E-state index in [0.29, 0.717) is 12.2 Å². The Bertz CT molecular complexity index is 910. The highest BCUT2D eigenvalue weighted by molar-refractivity contribution is 6.74. The lowest BCUT2D eigenvalue weighted by atomic mass is 9.83. The van der Waals surface area contributed by atoms with Crippen molar-refractivity contribution in [3.05, 3.63) is 32.6 Å². The van der Waals surface area contributed by atoms with Gasteiger partial charge in [0.05, 0.1) is 6.61 Å². The molecule has 4 rings (SSSR count). The molecule has 1 N–H and O–H groups in total. The Morgan fingerprint density at radius 2 is 1.93 bits per heavy atom. The third-order valence-corrected chi connectivity index (χ3v) is 12.0. The molecule has 7 nitrogen and oxygen atoms in total. The summed E-state index contributed by atoms with van der Waals surface area (Å²) in [7, 11) is -2.08. The van der Waals surface area contributed by atoms with Gasteiger partial charge >= 0.3 is 5.69 Å². The van der Waals surface area contributed by atoms with Crippen molar-refractivity contribution in [1.82, 2.24) is 9.55 Å². The molecule has 3 aliphatic rings. The van der Waals surface area contributed by atoms with Crippen LogP contribution in [0.15, 0.2) is 15.8 Å². The molecule has 1 aromatic heterocycles. The van der Waals surface area contributed by atoms with Gasteiger partial charge in [0.1, 0.15) is 17.8 Å². The molecule has 156 valence electrons. The molecule has 28 heavy (non-hydrogen) atoms. The molecule has 0 spiro atoms. The summed E-state index contributed by atoms with van der Waals surface area (Å²) in [4.78, 5) is 26.7.